The Bertz CT molecular complexity index is 439. The van der Waals surface area contributed by atoms with Crippen molar-refractivity contribution in [3.63, 3.8) is 0 Å². The first-order valence-electron chi connectivity index (χ1n) is 7.88. The summed E-state index contributed by atoms with van der Waals surface area (Å²) in [4.78, 5) is 0. The number of nitrogens with one attached hydrogen (secondary N) is 1. The normalized spacial score (nSPS) is 28.1. The SMILES string of the molecule is CCOC1CC(Nc2ccc(Cl)cc2)C12CCCCC2. The maximum atomic E-state index is 6.00. The third-order valence-electron chi connectivity index (χ3n) is 5.12. The Labute approximate surface area is 126 Å². The molecule has 20 heavy (non-hydrogen) atoms. The van der Waals surface area contributed by atoms with E-state index in [2.05, 4.69) is 24.4 Å². The summed E-state index contributed by atoms with van der Waals surface area (Å²) in [6, 6.07) is 8.62. The summed E-state index contributed by atoms with van der Waals surface area (Å²) in [5.74, 6) is 0. The molecule has 2 unspecified atom stereocenters. The predicted molar refractivity (Wildman–Crippen MR) is 84.4 cm³/mol. The van der Waals surface area contributed by atoms with E-state index in [-0.39, 0.29) is 0 Å². The van der Waals surface area contributed by atoms with Gasteiger partial charge in [-0.3, -0.25) is 0 Å². The van der Waals surface area contributed by atoms with Gasteiger partial charge in [-0.15, -0.1) is 0 Å². The number of hydrogen-bond acceptors (Lipinski definition) is 2. The Hall–Kier alpha value is -0.730. The van der Waals surface area contributed by atoms with E-state index in [0.717, 1.165) is 18.1 Å². The van der Waals surface area contributed by atoms with Crippen LogP contribution in [0.25, 0.3) is 0 Å². The van der Waals surface area contributed by atoms with Gasteiger partial charge in [0.2, 0.25) is 0 Å². The van der Waals surface area contributed by atoms with Gasteiger partial charge in [0.05, 0.1) is 6.10 Å². The van der Waals surface area contributed by atoms with Gasteiger partial charge in [0, 0.05) is 28.8 Å². The molecule has 0 bridgehead atoms. The Kier molecular flexibility index (Phi) is 4.23. The Morgan fingerprint density at radius 3 is 2.55 bits per heavy atom. The number of rotatable bonds is 4. The lowest BCUT2D eigenvalue weighted by molar-refractivity contribution is -0.134. The third kappa shape index (κ3) is 2.56. The smallest absolute Gasteiger partial charge is 0.0670 e. The first kappa shape index (κ1) is 14.2. The summed E-state index contributed by atoms with van der Waals surface area (Å²) in [5, 5.41) is 4.51. The van der Waals surface area contributed by atoms with Gasteiger partial charge in [-0.1, -0.05) is 30.9 Å². The second kappa shape index (κ2) is 5.95. The highest BCUT2D eigenvalue weighted by atomic mass is 35.5. The van der Waals surface area contributed by atoms with Gasteiger partial charge in [0.25, 0.3) is 0 Å². The van der Waals surface area contributed by atoms with Crippen LogP contribution in [0.15, 0.2) is 24.3 Å². The molecule has 3 rings (SSSR count). The summed E-state index contributed by atoms with van der Waals surface area (Å²) < 4.78 is 6.00. The minimum atomic E-state index is 0.369. The van der Waals surface area contributed by atoms with Gasteiger partial charge in [-0.05, 0) is 50.5 Å². The molecule has 1 N–H and O–H groups in total. The van der Waals surface area contributed by atoms with Crippen LogP contribution >= 0.6 is 11.6 Å². The van der Waals surface area contributed by atoms with Gasteiger partial charge in [0.1, 0.15) is 0 Å². The van der Waals surface area contributed by atoms with Crippen LogP contribution in [0, 0.1) is 5.41 Å². The number of benzene rings is 1. The van der Waals surface area contributed by atoms with Gasteiger partial charge < -0.3 is 10.1 Å². The summed E-state index contributed by atoms with van der Waals surface area (Å²) in [5.41, 5.74) is 1.55. The first-order valence-corrected chi connectivity index (χ1v) is 8.26. The monoisotopic (exact) mass is 293 g/mol. The van der Waals surface area contributed by atoms with Crippen molar-refractivity contribution in [2.24, 2.45) is 5.41 Å². The molecule has 0 amide bonds. The van der Waals surface area contributed by atoms with Crippen LogP contribution in [0.3, 0.4) is 0 Å². The second-order valence-corrected chi connectivity index (χ2v) is 6.61. The number of anilines is 1. The van der Waals surface area contributed by atoms with E-state index < -0.39 is 0 Å². The van der Waals surface area contributed by atoms with Gasteiger partial charge >= 0.3 is 0 Å². The van der Waals surface area contributed by atoms with E-state index in [0.29, 0.717) is 17.6 Å². The van der Waals surface area contributed by atoms with Crippen molar-refractivity contribution in [1.82, 2.24) is 0 Å². The van der Waals surface area contributed by atoms with Crippen LogP contribution in [0.4, 0.5) is 5.69 Å². The molecule has 2 nitrogen and oxygen atoms in total. The van der Waals surface area contributed by atoms with Crippen LogP contribution < -0.4 is 5.32 Å². The number of ether oxygens (including phenoxy) is 1. The zero-order valence-corrected chi connectivity index (χ0v) is 13.0. The van der Waals surface area contributed by atoms with Crippen molar-refractivity contribution in [2.45, 2.75) is 57.6 Å². The molecule has 3 heteroatoms. The van der Waals surface area contributed by atoms with Crippen LogP contribution in [0.1, 0.15) is 45.4 Å². The minimum absolute atomic E-state index is 0.369. The zero-order valence-electron chi connectivity index (χ0n) is 12.2. The second-order valence-electron chi connectivity index (χ2n) is 6.18. The van der Waals surface area contributed by atoms with E-state index in [1.807, 2.05) is 12.1 Å². The fraction of sp³-hybridized carbons (Fsp3) is 0.647. The number of halogens is 1. The van der Waals surface area contributed by atoms with Crippen molar-refractivity contribution in [1.29, 1.82) is 0 Å². The maximum absolute atomic E-state index is 6.00. The molecule has 0 aromatic heterocycles. The highest BCUT2D eigenvalue weighted by Gasteiger charge is 2.55. The fourth-order valence-electron chi connectivity index (χ4n) is 4.01. The van der Waals surface area contributed by atoms with Crippen LogP contribution in [-0.4, -0.2) is 18.8 Å². The lowest BCUT2D eigenvalue weighted by atomic mass is 9.55. The lowest BCUT2D eigenvalue weighted by Gasteiger charge is -2.58. The molecule has 2 aliphatic carbocycles. The minimum Gasteiger partial charge on any atom is -0.382 e. The van der Waals surface area contributed by atoms with E-state index in [1.54, 1.807) is 0 Å². The van der Waals surface area contributed by atoms with Crippen LogP contribution in [0.5, 0.6) is 0 Å². The molecule has 0 heterocycles. The molecular weight excluding hydrogens is 270 g/mol. The topological polar surface area (TPSA) is 21.3 Å². The van der Waals surface area contributed by atoms with Crippen LogP contribution in [0.2, 0.25) is 5.02 Å². The third-order valence-corrected chi connectivity index (χ3v) is 5.37. The highest BCUT2D eigenvalue weighted by Crippen LogP contribution is 2.54. The predicted octanol–water partition coefficient (Wildman–Crippen LogP) is 4.88. The molecule has 110 valence electrons. The Morgan fingerprint density at radius 1 is 1.20 bits per heavy atom. The van der Waals surface area contributed by atoms with Crippen molar-refractivity contribution in [3.8, 4) is 0 Å². The summed E-state index contributed by atoms with van der Waals surface area (Å²) in [6.45, 7) is 2.94. The summed E-state index contributed by atoms with van der Waals surface area (Å²) in [6.07, 6.45) is 8.29. The van der Waals surface area contributed by atoms with Crippen molar-refractivity contribution >= 4 is 17.3 Å². The van der Waals surface area contributed by atoms with Crippen molar-refractivity contribution in [2.75, 3.05) is 11.9 Å². The molecule has 0 saturated heterocycles. The molecule has 2 aliphatic rings. The lowest BCUT2D eigenvalue weighted by Crippen LogP contribution is -2.62. The van der Waals surface area contributed by atoms with Gasteiger partial charge in [-0.2, -0.15) is 0 Å². The molecule has 2 atom stereocenters. The molecule has 1 spiro atoms. The largest absolute Gasteiger partial charge is 0.382 e. The Balaban J connectivity index is 1.71. The molecule has 1 aromatic carbocycles. The van der Waals surface area contributed by atoms with E-state index in [4.69, 9.17) is 16.3 Å². The van der Waals surface area contributed by atoms with E-state index >= 15 is 0 Å². The maximum Gasteiger partial charge on any atom is 0.0670 e. The Morgan fingerprint density at radius 2 is 1.90 bits per heavy atom. The quantitative estimate of drug-likeness (QED) is 0.854. The van der Waals surface area contributed by atoms with Gasteiger partial charge in [0.15, 0.2) is 0 Å². The molecule has 1 aromatic rings. The van der Waals surface area contributed by atoms with Crippen molar-refractivity contribution in [3.05, 3.63) is 29.3 Å². The molecule has 0 radical (unpaired) electrons. The average molecular weight is 294 g/mol. The van der Waals surface area contributed by atoms with E-state index in [1.165, 1.54) is 37.8 Å². The fourth-order valence-corrected chi connectivity index (χ4v) is 4.14. The highest BCUT2D eigenvalue weighted by molar-refractivity contribution is 6.30. The van der Waals surface area contributed by atoms with Crippen LogP contribution in [-0.2, 0) is 4.74 Å². The standard InChI is InChI=1S/C17H24ClNO/c1-2-20-16-12-15(17(16)10-4-3-5-11-17)19-14-8-6-13(18)7-9-14/h6-9,15-16,19H,2-5,10-12H2,1H3. The van der Waals surface area contributed by atoms with Crippen molar-refractivity contribution < 1.29 is 4.74 Å². The zero-order chi connectivity index (χ0) is 14.0. The average Bonchev–Trinajstić information content (AvgIpc) is 2.49. The molecular formula is C17H24ClNO. The molecule has 2 fully saturated rings. The molecule has 0 aliphatic heterocycles. The van der Waals surface area contributed by atoms with E-state index in [9.17, 15) is 0 Å². The molecule has 2 saturated carbocycles. The summed E-state index contributed by atoms with van der Waals surface area (Å²) >= 11 is 5.95. The van der Waals surface area contributed by atoms with Gasteiger partial charge in [-0.25, -0.2) is 0 Å². The first-order chi connectivity index (χ1) is 9.74. The summed E-state index contributed by atoms with van der Waals surface area (Å²) in [7, 11) is 0. The number of hydrogen-bond donors (Lipinski definition) is 1.